The van der Waals surface area contributed by atoms with Crippen LogP contribution in [0.1, 0.15) is 10.5 Å². The summed E-state index contributed by atoms with van der Waals surface area (Å²) in [7, 11) is 1.48. The Morgan fingerprint density at radius 2 is 2.00 bits per heavy atom. The maximum Gasteiger partial charge on any atom is 0.276 e. The van der Waals surface area contributed by atoms with E-state index in [1.54, 1.807) is 0 Å². The molecule has 0 saturated heterocycles. The van der Waals surface area contributed by atoms with E-state index in [1.165, 1.54) is 22.9 Å². The lowest BCUT2D eigenvalue weighted by Crippen LogP contribution is -2.35. The van der Waals surface area contributed by atoms with Crippen molar-refractivity contribution in [2.75, 3.05) is 13.6 Å². The third-order valence-corrected chi connectivity index (χ3v) is 2.44. The molecule has 7 heteroatoms. The summed E-state index contributed by atoms with van der Waals surface area (Å²) in [4.78, 5) is 25.2. The lowest BCUT2D eigenvalue weighted by molar-refractivity contribution is -0.118. The number of amides is 2. The van der Waals surface area contributed by atoms with Gasteiger partial charge in [-0.25, -0.2) is 0 Å². The molecule has 0 fully saturated rings. The van der Waals surface area contributed by atoms with Crippen LogP contribution in [0.3, 0.4) is 0 Å². The summed E-state index contributed by atoms with van der Waals surface area (Å²) in [5, 5.41) is 8.08. The second-order valence-corrected chi connectivity index (χ2v) is 3.98. The molecule has 2 rings (SSSR count). The highest BCUT2D eigenvalue weighted by molar-refractivity contribution is 5.94. The quantitative estimate of drug-likeness (QED) is 0.824. The van der Waals surface area contributed by atoms with Crippen molar-refractivity contribution in [2.45, 2.75) is 0 Å². The normalized spacial score (nSPS) is 10.2. The van der Waals surface area contributed by atoms with Gasteiger partial charge in [0.2, 0.25) is 5.91 Å². The molecule has 98 valence electrons. The van der Waals surface area contributed by atoms with Gasteiger partial charge in [-0.05, 0) is 12.1 Å². The molecule has 0 spiro atoms. The van der Waals surface area contributed by atoms with Crippen LogP contribution < -0.4 is 5.73 Å². The molecule has 0 aliphatic heterocycles. The standard InChI is InChI=1S/C12H13N5O2/c1-16(8-11(13)18)12(19)10-7-14-17(15-10)9-5-3-2-4-6-9/h2-7H,8H2,1H3,(H2,13,18). The fraction of sp³-hybridized carbons (Fsp3) is 0.167. The van der Waals surface area contributed by atoms with Crippen molar-refractivity contribution in [3.63, 3.8) is 0 Å². The SMILES string of the molecule is CN(CC(N)=O)C(=O)c1cnn(-c2ccccc2)n1. The number of nitrogens with zero attached hydrogens (tertiary/aromatic N) is 4. The summed E-state index contributed by atoms with van der Waals surface area (Å²) < 4.78 is 0. The molecule has 0 bridgehead atoms. The molecular weight excluding hydrogens is 246 g/mol. The molecule has 0 radical (unpaired) electrons. The molecule has 0 saturated carbocycles. The van der Waals surface area contributed by atoms with Crippen molar-refractivity contribution in [1.82, 2.24) is 19.9 Å². The molecule has 0 unspecified atom stereocenters. The van der Waals surface area contributed by atoms with Crippen LogP contribution in [0.5, 0.6) is 0 Å². The Bertz CT molecular complexity index is 593. The van der Waals surface area contributed by atoms with Gasteiger partial charge in [0, 0.05) is 7.05 Å². The summed E-state index contributed by atoms with van der Waals surface area (Å²) in [6, 6.07) is 9.21. The van der Waals surface area contributed by atoms with Crippen LogP contribution in [0, 0.1) is 0 Å². The number of nitrogens with two attached hydrogens (primary N) is 1. The lowest BCUT2D eigenvalue weighted by Gasteiger charge is -2.12. The first-order valence-corrected chi connectivity index (χ1v) is 5.59. The Labute approximate surface area is 109 Å². The second kappa shape index (κ2) is 5.30. The van der Waals surface area contributed by atoms with E-state index < -0.39 is 11.8 Å². The van der Waals surface area contributed by atoms with Gasteiger partial charge in [-0.3, -0.25) is 9.59 Å². The molecule has 2 aromatic rings. The van der Waals surface area contributed by atoms with Crippen molar-refractivity contribution in [3.05, 3.63) is 42.2 Å². The molecule has 1 heterocycles. The topological polar surface area (TPSA) is 94.1 Å². The zero-order valence-electron chi connectivity index (χ0n) is 10.4. The highest BCUT2D eigenvalue weighted by atomic mass is 16.2. The Balaban J connectivity index is 2.17. The molecule has 1 aromatic heterocycles. The number of likely N-dealkylation sites (N-methyl/N-ethyl adjacent to an activating group) is 1. The van der Waals surface area contributed by atoms with E-state index >= 15 is 0 Å². The number of hydrogen-bond donors (Lipinski definition) is 1. The number of benzene rings is 1. The maximum atomic E-state index is 11.9. The molecule has 0 atom stereocenters. The van der Waals surface area contributed by atoms with Crippen molar-refractivity contribution in [2.24, 2.45) is 5.73 Å². The molecular formula is C12H13N5O2. The third kappa shape index (κ3) is 2.95. The minimum Gasteiger partial charge on any atom is -0.368 e. The minimum absolute atomic E-state index is 0.156. The Hall–Kier alpha value is -2.70. The van der Waals surface area contributed by atoms with Gasteiger partial charge in [0.05, 0.1) is 18.4 Å². The summed E-state index contributed by atoms with van der Waals surface area (Å²) >= 11 is 0. The van der Waals surface area contributed by atoms with Crippen molar-refractivity contribution < 1.29 is 9.59 Å². The van der Waals surface area contributed by atoms with E-state index in [9.17, 15) is 9.59 Å². The lowest BCUT2D eigenvalue weighted by atomic mass is 10.3. The number of primary amides is 1. The second-order valence-electron chi connectivity index (χ2n) is 3.98. The molecule has 1 aromatic carbocycles. The fourth-order valence-corrected chi connectivity index (χ4v) is 1.55. The summed E-state index contributed by atoms with van der Waals surface area (Å²) in [5.41, 5.74) is 5.94. The van der Waals surface area contributed by atoms with Crippen molar-refractivity contribution in [1.29, 1.82) is 0 Å². The predicted octanol–water partition coefficient (Wildman–Crippen LogP) is -0.175. The smallest absolute Gasteiger partial charge is 0.276 e. The number of aromatic nitrogens is 3. The Morgan fingerprint density at radius 3 is 2.63 bits per heavy atom. The number of hydrogen-bond acceptors (Lipinski definition) is 4. The van der Waals surface area contributed by atoms with Crippen LogP contribution in [-0.4, -0.2) is 45.3 Å². The van der Waals surface area contributed by atoms with Gasteiger partial charge < -0.3 is 10.6 Å². The van der Waals surface area contributed by atoms with E-state index in [2.05, 4.69) is 10.2 Å². The summed E-state index contributed by atoms with van der Waals surface area (Å²) in [6.45, 7) is -0.156. The summed E-state index contributed by atoms with van der Waals surface area (Å²) in [6.07, 6.45) is 1.35. The minimum atomic E-state index is -0.577. The Kier molecular flexibility index (Phi) is 3.56. The molecule has 2 N–H and O–H groups in total. The van der Waals surface area contributed by atoms with Crippen LogP contribution in [0.25, 0.3) is 5.69 Å². The average molecular weight is 259 g/mol. The van der Waals surface area contributed by atoms with E-state index in [0.717, 1.165) is 5.69 Å². The van der Waals surface area contributed by atoms with Gasteiger partial charge >= 0.3 is 0 Å². The fourth-order valence-electron chi connectivity index (χ4n) is 1.55. The van der Waals surface area contributed by atoms with Crippen LogP contribution in [0.4, 0.5) is 0 Å². The highest BCUT2D eigenvalue weighted by Gasteiger charge is 2.17. The van der Waals surface area contributed by atoms with E-state index in [4.69, 9.17) is 5.73 Å². The monoisotopic (exact) mass is 259 g/mol. The van der Waals surface area contributed by atoms with Gasteiger partial charge in [-0.2, -0.15) is 9.90 Å². The highest BCUT2D eigenvalue weighted by Crippen LogP contribution is 2.05. The number of carbonyl (C=O) groups is 2. The van der Waals surface area contributed by atoms with E-state index in [0.29, 0.717) is 0 Å². The zero-order chi connectivity index (χ0) is 13.8. The van der Waals surface area contributed by atoms with E-state index in [-0.39, 0.29) is 12.2 Å². The molecule has 0 aliphatic rings. The van der Waals surface area contributed by atoms with E-state index in [1.807, 2.05) is 30.3 Å². The summed E-state index contributed by atoms with van der Waals surface area (Å²) in [5.74, 6) is -0.979. The third-order valence-electron chi connectivity index (χ3n) is 2.44. The van der Waals surface area contributed by atoms with Gasteiger partial charge in [-0.15, -0.1) is 5.10 Å². The largest absolute Gasteiger partial charge is 0.368 e. The molecule has 7 nitrogen and oxygen atoms in total. The van der Waals surface area contributed by atoms with Crippen molar-refractivity contribution >= 4 is 11.8 Å². The van der Waals surface area contributed by atoms with Crippen molar-refractivity contribution in [3.8, 4) is 5.69 Å². The van der Waals surface area contributed by atoms with Crippen LogP contribution >= 0.6 is 0 Å². The molecule has 2 amide bonds. The first-order valence-electron chi connectivity index (χ1n) is 5.59. The first kappa shape index (κ1) is 12.7. The Morgan fingerprint density at radius 1 is 1.32 bits per heavy atom. The molecule has 0 aliphatic carbocycles. The number of rotatable bonds is 4. The van der Waals surface area contributed by atoms with Gasteiger partial charge in [-0.1, -0.05) is 18.2 Å². The number of carbonyl (C=O) groups excluding carboxylic acids is 2. The zero-order valence-corrected chi connectivity index (χ0v) is 10.4. The average Bonchev–Trinajstić information content (AvgIpc) is 2.87. The van der Waals surface area contributed by atoms with Crippen LogP contribution in [0.15, 0.2) is 36.5 Å². The number of para-hydroxylation sites is 1. The van der Waals surface area contributed by atoms with Gasteiger partial charge in [0.15, 0.2) is 5.69 Å². The van der Waals surface area contributed by atoms with Gasteiger partial charge in [0.25, 0.3) is 5.91 Å². The van der Waals surface area contributed by atoms with Gasteiger partial charge in [0.1, 0.15) is 0 Å². The molecule has 19 heavy (non-hydrogen) atoms. The van der Waals surface area contributed by atoms with Crippen LogP contribution in [0.2, 0.25) is 0 Å². The van der Waals surface area contributed by atoms with Crippen LogP contribution in [-0.2, 0) is 4.79 Å². The maximum absolute atomic E-state index is 11.9. The first-order chi connectivity index (χ1) is 9.08. The predicted molar refractivity (Wildman–Crippen MR) is 67.5 cm³/mol.